The fourth-order valence-electron chi connectivity index (χ4n) is 4.27. The third-order valence-corrected chi connectivity index (χ3v) is 5.83. The van der Waals surface area contributed by atoms with Crippen LogP contribution in [0.3, 0.4) is 0 Å². The van der Waals surface area contributed by atoms with E-state index in [4.69, 9.17) is 19.3 Å². The van der Waals surface area contributed by atoms with Crippen LogP contribution in [0.5, 0.6) is 11.5 Å². The second kappa shape index (κ2) is 8.27. The van der Waals surface area contributed by atoms with Crippen molar-refractivity contribution in [2.75, 3.05) is 20.3 Å². The standard InChI is InChI=1S/C25H21N5O4/c1-32-15-18-22(17-5-3-2-4-6-17)24-27-26-23-19(30(24)28-18)9-10-29(25(23)31)14-16-7-8-20-21(13-16)34-12-11-33-20/h2-10,13H,11-12,14-15H2,1H3. The number of fused-ring (bicyclic) bond motifs is 4. The number of hydrogen-bond acceptors (Lipinski definition) is 7. The molecule has 0 fully saturated rings. The molecule has 0 aliphatic carbocycles. The van der Waals surface area contributed by atoms with E-state index in [9.17, 15) is 4.79 Å². The number of hydrogen-bond donors (Lipinski definition) is 0. The summed E-state index contributed by atoms with van der Waals surface area (Å²) in [5.41, 5.74) is 4.64. The lowest BCUT2D eigenvalue weighted by atomic mass is 10.1. The fraction of sp³-hybridized carbons (Fsp3) is 0.200. The summed E-state index contributed by atoms with van der Waals surface area (Å²) in [7, 11) is 1.62. The Morgan fingerprint density at radius 3 is 2.65 bits per heavy atom. The van der Waals surface area contributed by atoms with Crippen molar-refractivity contribution < 1.29 is 14.2 Å². The predicted octanol–water partition coefficient (Wildman–Crippen LogP) is 3.07. The van der Waals surface area contributed by atoms with Crippen LogP contribution in [0.2, 0.25) is 0 Å². The summed E-state index contributed by atoms with van der Waals surface area (Å²) in [4.78, 5) is 13.3. The Kier molecular flexibility index (Phi) is 4.96. The molecule has 34 heavy (non-hydrogen) atoms. The molecule has 0 atom stereocenters. The minimum atomic E-state index is -0.244. The molecule has 9 heteroatoms. The lowest BCUT2D eigenvalue weighted by molar-refractivity contribution is 0.171. The Balaban J connectivity index is 1.45. The molecule has 0 radical (unpaired) electrons. The Bertz CT molecular complexity index is 1580. The van der Waals surface area contributed by atoms with Crippen LogP contribution in [0, 0.1) is 0 Å². The van der Waals surface area contributed by atoms with Crippen LogP contribution in [0.15, 0.2) is 65.6 Å². The van der Waals surface area contributed by atoms with Crippen molar-refractivity contribution in [1.82, 2.24) is 24.4 Å². The molecule has 0 N–H and O–H groups in total. The molecule has 3 aromatic heterocycles. The molecular formula is C25H21N5O4. The van der Waals surface area contributed by atoms with Crippen LogP contribution >= 0.6 is 0 Å². The molecule has 2 aromatic carbocycles. The van der Waals surface area contributed by atoms with Crippen LogP contribution in [0.4, 0.5) is 0 Å². The molecule has 0 bridgehead atoms. The molecule has 9 nitrogen and oxygen atoms in total. The summed E-state index contributed by atoms with van der Waals surface area (Å²) in [6, 6.07) is 17.4. The summed E-state index contributed by atoms with van der Waals surface area (Å²) >= 11 is 0. The van der Waals surface area contributed by atoms with Gasteiger partial charge in [-0.3, -0.25) is 4.79 Å². The number of methoxy groups -OCH3 is 1. The van der Waals surface area contributed by atoms with E-state index >= 15 is 0 Å². The number of pyridine rings is 1. The second-order valence-electron chi connectivity index (χ2n) is 8.02. The van der Waals surface area contributed by atoms with Gasteiger partial charge in [-0.2, -0.15) is 5.10 Å². The number of aromatic nitrogens is 5. The minimum absolute atomic E-state index is 0.244. The van der Waals surface area contributed by atoms with Gasteiger partial charge in [-0.05, 0) is 29.3 Å². The molecule has 1 aliphatic rings. The molecule has 170 valence electrons. The topological polar surface area (TPSA) is 92.8 Å². The van der Waals surface area contributed by atoms with Crippen LogP contribution < -0.4 is 15.0 Å². The largest absolute Gasteiger partial charge is 0.486 e. The van der Waals surface area contributed by atoms with Gasteiger partial charge in [0, 0.05) is 13.3 Å². The Hall–Kier alpha value is -4.24. The van der Waals surface area contributed by atoms with Crippen molar-refractivity contribution in [2.24, 2.45) is 0 Å². The number of rotatable bonds is 5. The zero-order valence-corrected chi connectivity index (χ0v) is 18.5. The summed E-state index contributed by atoms with van der Waals surface area (Å²) < 4.78 is 19.9. The van der Waals surface area contributed by atoms with Gasteiger partial charge in [0.1, 0.15) is 18.7 Å². The molecule has 0 unspecified atom stereocenters. The van der Waals surface area contributed by atoms with Crippen LogP contribution in [-0.2, 0) is 17.9 Å². The van der Waals surface area contributed by atoms with Gasteiger partial charge >= 0.3 is 0 Å². The molecule has 6 rings (SSSR count). The van der Waals surface area contributed by atoms with Crippen molar-refractivity contribution in [3.63, 3.8) is 0 Å². The van der Waals surface area contributed by atoms with Crippen molar-refractivity contribution in [1.29, 1.82) is 0 Å². The summed E-state index contributed by atoms with van der Waals surface area (Å²) in [6.45, 7) is 1.73. The highest BCUT2D eigenvalue weighted by molar-refractivity contribution is 5.84. The van der Waals surface area contributed by atoms with E-state index < -0.39 is 0 Å². The van der Waals surface area contributed by atoms with Gasteiger partial charge in [0.2, 0.25) is 0 Å². The summed E-state index contributed by atoms with van der Waals surface area (Å²) in [5, 5.41) is 13.4. The second-order valence-corrected chi connectivity index (χ2v) is 8.02. The maximum atomic E-state index is 13.3. The average molecular weight is 455 g/mol. The van der Waals surface area contributed by atoms with Gasteiger partial charge in [0.05, 0.1) is 24.4 Å². The SMILES string of the molecule is COCc1nn2c(nnc3c(=O)n(Cc4ccc5c(c4)OCCO5)ccc32)c1-c1ccccc1. The monoisotopic (exact) mass is 455 g/mol. The van der Waals surface area contributed by atoms with Crippen LogP contribution in [0.1, 0.15) is 11.3 Å². The molecule has 0 saturated heterocycles. The number of benzene rings is 2. The van der Waals surface area contributed by atoms with E-state index in [1.54, 1.807) is 22.4 Å². The number of ether oxygens (including phenoxy) is 3. The molecule has 0 saturated carbocycles. The van der Waals surface area contributed by atoms with E-state index in [0.29, 0.717) is 49.0 Å². The summed E-state index contributed by atoms with van der Waals surface area (Å²) in [6.07, 6.45) is 1.75. The smallest absolute Gasteiger partial charge is 0.280 e. The zero-order chi connectivity index (χ0) is 23.1. The van der Waals surface area contributed by atoms with Crippen molar-refractivity contribution >= 4 is 16.7 Å². The highest BCUT2D eigenvalue weighted by Gasteiger charge is 2.20. The van der Waals surface area contributed by atoms with E-state index in [-0.39, 0.29) is 11.1 Å². The van der Waals surface area contributed by atoms with Crippen molar-refractivity contribution in [3.8, 4) is 22.6 Å². The van der Waals surface area contributed by atoms with E-state index in [2.05, 4.69) is 10.2 Å². The molecule has 5 aromatic rings. The van der Waals surface area contributed by atoms with Crippen molar-refractivity contribution in [3.05, 3.63) is 82.4 Å². The first-order valence-electron chi connectivity index (χ1n) is 10.9. The molecular weight excluding hydrogens is 434 g/mol. The van der Waals surface area contributed by atoms with Gasteiger partial charge in [0.15, 0.2) is 22.7 Å². The fourth-order valence-corrected chi connectivity index (χ4v) is 4.27. The van der Waals surface area contributed by atoms with Crippen LogP contribution in [-0.4, -0.2) is 44.7 Å². The normalized spacial score (nSPS) is 13.0. The van der Waals surface area contributed by atoms with E-state index in [1.165, 1.54) is 0 Å². The number of nitrogens with zero attached hydrogens (tertiary/aromatic N) is 5. The van der Waals surface area contributed by atoms with Gasteiger partial charge in [-0.25, -0.2) is 4.52 Å². The van der Waals surface area contributed by atoms with Gasteiger partial charge in [-0.1, -0.05) is 36.4 Å². The lowest BCUT2D eigenvalue weighted by Crippen LogP contribution is -2.22. The zero-order valence-electron chi connectivity index (χ0n) is 18.5. The first kappa shape index (κ1) is 20.4. The first-order chi connectivity index (χ1) is 16.7. The van der Waals surface area contributed by atoms with Gasteiger partial charge in [-0.15, -0.1) is 10.2 Å². The highest BCUT2D eigenvalue weighted by atomic mass is 16.6. The third kappa shape index (κ3) is 3.37. The molecule has 4 heterocycles. The third-order valence-electron chi connectivity index (χ3n) is 5.83. The first-order valence-corrected chi connectivity index (χ1v) is 10.9. The quantitative estimate of drug-likeness (QED) is 0.402. The van der Waals surface area contributed by atoms with Crippen molar-refractivity contribution in [2.45, 2.75) is 13.2 Å². The maximum absolute atomic E-state index is 13.3. The Morgan fingerprint density at radius 1 is 1.00 bits per heavy atom. The Morgan fingerprint density at radius 2 is 1.82 bits per heavy atom. The minimum Gasteiger partial charge on any atom is -0.486 e. The molecule has 1 aliphatic heterocycles. The molecule has 0 amide bonds. The van der Waals surface area contributed by atoms with Gasteiger partial charge < -0.3 is 18.8 Å². The summed E-state index contributed by atoms with van der Waals surface area (Å²) in [5.74, 6) is 1.41. The molecule has 0 spiro atoms. The van der Waals surface area contributed by atoms with E-state index in [0.717, 1.165) is 22.4 Å². The van der Waals surface area contributed by atoms with E-state index in [1.807, 2.05) is 54.6 Å². The van der Waals surface area contributed by atoms with Crippen LogP contribution in [0.25, 0.3) is 27.8 Å². The van der Waals surface area contributed by atoms with Gasteiger partial charge in [0.25, 0.3) is 5.56 Å². The highest BCUT2D eigenvalue weighted by Crippen LogP contribution is 2.31. The lowest BCUT2D eigenvalue weighted by Gasteiger charge is -2.19. The average Bonchev–Trinajstić information content (AvgIpc) is 3.25. The maximum Gasteiger partial charge on any atom is 0.280 e. The Labute approximate surface area is 194 Å². The predicted molar refractivity (Wildman–Crippen MR) is 125 cm³/mol.